The van der Waals surface area contributed by atoms with Gasteiger partial charge in [0.1, 0.15) is 0 Å². The summed E-state index contributed by atoms with van der Waals surface area (Å²) in [5.41, 5.74) is 6.24. The Hall–Kier alpha value is -1.69. The molecule has 0 radical (unpaired) electrons. The van der Waals surface area contributed by atoms with Crippen LogP contribution in [0.1, 0.15) is 17.3 Å². The van der Waals surface area contributed by atoms with Gasteiger partial charge in [-0.3, -0.25) is 16.0 Å². The highest BCUT2D eigenvalue weighted by atomic mass is 79.9. The van der Waals surface area contributed by atoms with Crippen LogP contribution in [0.4, 0.5) is 0 Å². The molecule has 5 heteroatoms. The molecule has 2 aromatic carbocycles. The van der Waals surface area contributed by atoms with Crippen molar-refractivity contribution >= 4 is 26.8 Å². The molecule has 4 nitrogen and oxygen atoms in total. The number of nitrogens with one attached hydrogen (secondary N) is 1. The number of para-hydroxylation sites is 1. The summed E-state index contributed by atoms with van der Waals surface area (Å²) < 4.78 is 2.98. The van der Waals surface area contributed by atoms with Gasteiger partial charge in [0.25, 0.3) is 0 Å². The van der Waals surface area contributed by atoms with Gasteiger partial charge in [0.05, 0.1) is 17.3 Å². The average molecular weight is 345 g/mol. The van der Waals surface area contributed by atoms with Crippen LogP contribution in [0.2, 0.25) is 0 Å². The van der Waals surface area contributed by atoms with Gasteiger partial charge in [-0.05, 0) is 23.8 Å². The number of rotatable bonds is 4. The van der Waals surface area contributed by atoms with Gasteiger partial charge < -0.3 is 0 Å². The van der Waals surface area contributed by atoms with Gasteiger partial charge in [-0.1, -0.05) is 46.3 Å². The maximum atomic E-state index is 5.75. The molecule has 21 heavy (non-hydrogen) atoms. The van der Waals surface area contributed by atoms with E-state index in [-0.39, 0.29) is 6.04 Å². The molecule has 108 valence electrons. The lowest BCUT2D eigenvalue weighted by Gasteiger charge is -2.15. The van der Waals surface area contributed by atoms with Crippen LogP contribution in [0.15, 0.2) is 53.0 Å². The number of aromatic nitrogens is 2. The van der Waals surface area contributed by atoms with Crippen molar-refractivity contribution in [2.75, 3.05) is 0 Å². The molecule has 0 aliphatic heterocycles. The minimum absolute atomic E-state index is 0.0383. The summed E-state index contributed by atoms with van der Waals surface area (Å²) in [5.74, 6) is 5.75. The molecule has 0 fully saturated rings. The SMILES string of the molecule is Cn1nc(CC(NN)c2ccc(Br)cc2)c2ccccc21. The Morgan fingerprint density at radius 3 is 2.62 bits per heavy atom. The fraction of sp³-hybridized carbons (Fsp3) is 0.188. The number of halogens is 1. The van der Waals surface area contributed by atoms with Crippen molar-refractivity contribution in [3.05, 3.63) is 64.3 Å². The number of nitrogens with zero attached hydrogens (tertiary/aromatic N) is 2. The molecule has 3 rings (SSSR count). The molecule has 1 heterocycles. The van der Waals surface area contributed by atoms with Crippen LogP contribution in [0.3, 0.4) is 0 Å². The van der Waals surface area contributed by atoms with Crippen LogP contribution in [0.25, 0.3) is 10.9 Å². The minimum Gasteiger partial charge on any atom is -0.271 e. The summed E-state index contributed by atoms with van der Waals surface area (Å²) in [6.07, 6.45) is 0.749. The molecule has 0 spiro atoms. The van der Waals surface area contributed by atoms with E-state index in [4.69, 9.17) is 5.84 Å². The first-order valence-electron chi connectivity index (χ1n) is 6.81. The largest absolute Gasteiger partial charge is 0.271 e. The highest BCUT2D eigenvalue weighted by Crippen LogP contribution is 2.24. The summed E-state index contributed by atoms with van der Waals surface area (Å²) in [5, 5.41) is 5.81. The molecule has 0 saturated carbocycles. The maximum absolute atomic E-state index is 5.75. The first kappa shape index (κ1) is 14.3. The molecule has 0 saturated heterocycles. The topological polar surface area (TPSA) is 55.9 Å². The normalized spacial score (nSPS) is 12.7. The van der Waals surface area contributed by atoms with Crippen molar-refractivity contribution in [1.82, 2.24) is 15.2 Å². The number of nitrogens with two attached hydrogens (primary N) is 1. The number of hydrogen-bond acceptors (Lipinski definition) is 3. The Morgan fingerprint density at radius 2 is 1.90 bits per heavy atom. The highest BCUT2D eigenvalue weighted by molar-refractivity contribution is 9.10. The molecular formula is C16H17BrN4. The molecule has 1 atom stereocenters. The Bertz CT molecular complexity index is 749. The fourth-order valence-corrected chi connectivity index (χ4v) is 2.87. The smallest absolute Gasteiger partial charge is 0.0722 e. The van der Waals surface area contributed by atoms with E-state index in [1.807, 2.05) is 36.0 Å². The Labute approximate surface area is 132 Å². The summed E-state index contributed by atoms with van der Waals surface area (Å²) in [6.45, 7) is 0. The minimum atomic E-state index is 0.0383. The quantitative estimate of drug-likeness (QED) is 0.564. The monoisotopic (exact) mass is 344 g/mol. The van der Waals surface area contributed by atoms with E-state index < -0.39 is 0 Å². The third-order valence-corrected chi connectivity index (χ3v) is 4.23. The van der Waals surface area contributed by atoms with E-state index in [9.17, 15) is 0 Å². The van der Waals surface area contributed by atoms with Gasteiger partial charge in [-0.2, -0.15) is 5.10 Å². The second-order valence-corrected chi connectivity index (χ2v) is 5.98. The maximum Gasteiger partial charge on any atom is 0.0722 e. The lowest BCUT2D eigenvalue weighted by molar-refractivity contribution is 0.543. The molecule has 1 unspecified atom stereocenters. The highest BCUT2D eigenvalue weighted by Gasteiger charge is 2.15. The van der Waals surface area contributed by atoms with Crippen LogP contribution in [0, 0.1) is 0 Å². The third-order valence-electron chi connectivity index (χ3n) is 3.71. The zero-order chi connectivity index (χ0) is 14.8. The number of benzene rings is 2. The first-order valence-corrected chi connectivity index (χ1v) is 7.60. The number of fused-ring (bicyclic) bond motifs is 1. The molecule has 0 aliphatic carbocycles. The molecule has 0 bridgehead atoms. The van der Waals surface area contributed by atoms with E-state index >= 15 is 0 Å². The van der Waals surface area contributed by atoms with Crippen LogP contribution in [0.5, 0.6) is 0 Å². The number of hydrazine groups is 1. The number of aryl methyl sites for hydroxylation is 1. The molecule has 3 aromatic rings. The fourth-order valence-electron chi connectivity index (χ4n) is 2.60. The third kappa shape index (κ3) is 2.85. The van der Waals surface area contributed by atoms with E-state index in [2.05, 4.69) is 50.7 Å². The standard InChI is InChI=1S/C16H17BrN4/c1-21-16-5-3-2-4-13(16)15(20-21)10-14(19-18)11-6-8-12(17)9-7-11/h2-9,14,19H,10,18H2,1H3. The first-order chi connectivity index (χ1) is 10.2. The Morgan fingerprint density at radius 1 is 1.19 bits per heavy atom. The van der Waals surface area contributed by atoms with Gasteiger partial charge in [-0.15, -0.1) is 0 Å². The van der Waals surface area contributed by atoms with E-state index in [1.165, 1.54) is 5.39 Å². The molecule has 3 N–H and O–H groups in total. The van der Waals surface area contributed by atoms with Crippen molar-refractivity contribution in [3.63, 3.8) is 0 Å². The summed E-state index contributed by atoms with van der Waals surface area (Å²) in [7, 11) is 1.97. The van der Waals surface area contributed by atoms with Gasteiger partial charge in [0.15, 0.2) is 0 Å². The predicted octanol–water partition coefficient (Wildman–Crippen LogP) is 3.08. The lowest BCUT2D eigenvalue weighted by Crippen LogP contribution is -2.29. The van der Waals surface area contributed by atoms with Crippen LogP contribution >= 0.6 is 15.9 Å². The summed E-state index contributed by atoms with van der Waals surface area (Å²) in [6, 6.07) is 16.5. The summed E-state index contributed by atoms with van der Waals surface area (Å²) in [4.78, 5) is 0. The Balaban J connectivity index is 1.94. The predicted molar refractivity (Wildman–Crippen MR) is 88.6 cm³/mol. The van der Waals surface area contributed by atoms with E-state index in [0.29, 0.717) is 0 Å². The van der Waals surface area contributed by atoms with Crippen LogP contribution in [-0.2, 0) is 13.5 Å². The average Bonchev–Trinajstić information content (AvgIpc) is 2.83. The van der Waals surface area contributed by atoms with Crippen molar-refractivity contribution in [2.45, 2.75) is 12.5 Å². The van der Waals surface area contributed by atoms with Crippen molar-refractivity contribution in [1.29, 1.82) is 0 Å². The lowest BCUT2D eigenvalue weighted by atomic mass is 10.0. The van der Waals surface area contributed by atoms with Crippen molar-refractivity contribution in [2.24, 2.45) is 12.9 Å². The van der Waals surface area contributed by atoms with Crippen LogP contribution in [-0.4, -0.2) is 9.78 Å². The summed E-state index contributed by atoms with van der Waals surface area (Å²) >= 11 is 3.45. The van der Waals surface area contributed by atoms with Gasteiger partial charge >= 0.3 is 0 Å². The molecule has 1 aromatic heterocycles. The second-order valence-electron chi connectivity index (χ2n) is 5.06. The molecule has 0 aliphatic rings. The van der Waals surface area contributed by atoms with E-state index in [1.54, 1.807) is 0 Å². The second kappa shape index (κ2) is 5.97. The molecular weight excluding hydrogens is 328 g/mol. The van der Waals surface area contributed by atoms with E-state index in [0.717, 1.165) is 27.7 Å². The van der Waals surface area contributed by atoms with Crippen molar-refractivity contribution in [3.8, 4) is 0 Å². The van der Waals surface area contributed by atoms with Gasteiger partial charge in [0, 0.05) is 23.3 Å². The van der Waals surface area contributed by atoms with Crippen molar-refractivity contribution < 1.29 is 0 Å². The van der Waals surface area contributed by atoms with Gasteiger partial charge in [-0.25, -0.2) is 0 Å². The zero-order valence-electron chi connectivity index (χ0n) is 11.8. The Kier molecular flexibility index (Phi) is 4.05. The molecule has 0 amide bonds. The van der Waals surface area contributed by atoms with Gasteiger partial charge in [0.2, 0.25) is 0 Å². The van der Waals surface area contributed by atoms with Crippen LogP contribution < -0.4 is 11.3 Å². The zero-order valence-corrected chi connectivity index (χ0v) is 13.3. The number of hydrogen-bond donors (Lipinski definition) is 2.